The standard InChI is InChI=1S/C19H28N4O3/c1-21(2)18(25)23-9-8-22(11-15-4-6-16(26-3)7-5-15)13-19(14-23)10-17(24)20-12-19/h4-7H,8-14H2,1-3H3,(H,20,24). The maximum Gasteiger partial charge on any atom is 0.319 e. The molecule has 0 aromatic heterocycles. The molecule has 0 bridgehead atoms. The molecule has 0 radical (unpaired) electrons. The fourth-order valence-electron chi connectivity index (χ4n) is 3.89. The average molecular weight is 360 g/mol. The highest BCUT2D eigenvalue weighted by Gasteiger charge is 2.44. The van der Waals surface area contributed by atoms with Crippen LogP contribution < -0.4 is 10.1 Å². The van der Waals surface area contributed by atoms with Gasteiger partial charge in [-0.15, -0.1) is 0 Å². The summed E-state index contributed by atoms with van der Waals surface area (Å²) < 4.78 is 5.22. The molecule has 1 atom stereocenters. The number of nitrogens with zero attached hydrogens (tertiary/aromatic N) is 3. The number of methoxy groups -OCH3 is 1. The molecular formula is C19H28N4O3. The molecular weight excluding hydrogens is 332 g/mol. The largest absolute Gasteiger partial charge is 0.497 e. The van der Waals surface area contributed by atoms with E-state index in [0.29, 0.717) is 26.1 Å². The third-order valence-corrected chi connectivity index (χ3v) is 5.19. The SMILES string of the molecule is COc1ccc(CN2CCN(C(=O)N(C)C)CC3(CNC(=O)C3)C2)cc1. The minimum absolute atomic E-state index is 0.00928. The Kier molecular flexibility index (Phi) is 5.36. The number of hydrogen-bond donors (Lipinski definition) is 1. The third kappa shape index (κ3) is 4.09. The number of hydrogen-bond acceptors (Lipinski definition) is 4. The van der Waals surface area contributed by atoms with Gasteiger partial charge in [0.15, 0.2) is 0 Å². The molecule has 1 aromatic rings. The molecule has 3 amide bonds. The highest BCUT2D eigenvalue weighted by Crippen LogP contribution is 2.31. The van der Waals surface area contributed by atoms with Crippen molar-refractivity contribution in [3.05, 3.63) is 29.8 Å². The Labute approximate surface area is 154 Å². The molecule has 7 heteroatoms. The molecule has 1 unspecified atom stereocenters. The zero-order valence-electron chi connectivity index (χ0n) is 15.8. The molecule has 1 spiro atoms. The van der Waals surface area contributed by atoms with Crippen molar-refractivity contribution in [2.75, 3.05) is 53.9 Å². The van der Waals surface area contributed by atoms with E-state index >= 15 is 0 Å². The van der Waals surface area contributed by atoms with Crippen LogP contribution in [0, 0.1) is 5.41 Å². The molecule has 1 aromatic carbocycles. The number of benzene rings is 1. The second-order valence-electron chi connectivity index (χ2n) is 7.61. The Morgan fingerprint density at radius 2 is 1.96 bits per heavy atom. The summed E-state index contributed by atoms with van der Waals surface area (Å²) in [4.78, 5) is 30.3. The maximum absolute atomic E-state index is 12.5. The summed E-state index contributed by atoms with van der Waals surface area (Å²) in [5.74, 6) is 0.919. The van der Waals surface area contributed by atoms with Gasteiger partial charge in [0, 0.05) is 65.2 Å². The number of nitrogens with one attached hydrogen (secondary N) is 1. The van der Waals surface area contributed by atoms with Crippen molar-refractivity contribution in [3.63, 3.8) is 0 Å². The van der Waals surface area contributed by atoms with Gasteiger partial charge in [0.1, 0.15) is 5.75 Å². The summed E-state index contributed by atoms with van der Waals surface area (Å²) in [5, 5.41) is 2.96. The molecule has 7 nitrogen and oxygen atoms in total. The maximum atomic E-state index is 12.5. The van der Waals surface area contributed by atoms with Crippen molar-refractivity contribution >= 4 is 11.9 Å². The first kappa shape index (κ1) is 18.5. The van der Waals surface area contributed by atoms with Gasteiger partial charge < -0.3 is 19.9 Å². The van der Waals surface area contributed by atoms with E-state index in [9.17, 15) is 9.59 Å². The quantitative estimate of drug-likeness (QED) is 0.873. The van der Waals surface area contributed by atoms with Crippen molar-refractivity contribution in [3.8, 4) is 5.75 Å². The van der Waals surface area contributed by atoms with Gasteiger partial charge in [-0.05, 0) is 17.7 Å². The fraction of sp³-hybridized carbons (Fsp3) is 0.579. The van der Waals surface area contributed by atoms with Crippen LogP contribution in [0.5, 0.6) is 5.75 Å². The van der Waals surface area contributed by atoms with Gasteiger partial charge in [-0.3, -0.25) is 9.69 Å². The van der Waals surface area contributed by atoms with E-state index in [1.54, 1.807) is 26.1 Å². The van der Waals surface area contributed by atoms with E-state index in [1.807, 2.05) is 17.0 Å². The molecule has 0 aliphatic carbocycles. The van der Waals surface area contributed by atoms with E-state index in [0.717, 1.165) is 25.4 Å². The van der Waals surface area contributed by atoms with Crippen LogP contribution in [0.25, 0.3) is 0 Å². The summed E-state index contributed by atoms with van der Waals surface area (Å²) in [6, 6.07) is 8.07. The highest BCUT2D eigenvalue weighted by atomic mass is 16.5. The van der Waals surface area contributed by atoms with E-state index < -0.39 is 0 Å². The van der Waals surface area contributed by atoms with Crippen LogP contribution in [-0.2, 0) is 11.3 Å². The topological polar surface area (TPSA) is 65.1 Å². The molecule has 3 rings (SSSR count). The molecule has 2 aliphatic heterocycles. The van der Waals surface area contributed by atoms with Gasteiger partial charge in [-0.1, -0.05) is 12.1 Å². The zero-order valence-corrected chi connectivity index (χ0v) is 15.8. The summed E-state index contributed by atoms with van der Waals surface area (Å²) in [7, 11) is 5.20. The van der Waals surface area contributed by atoms with Gasteiger partial charge in [-0.2, -0.15) is 0 Å². The molecule has 2 aliphatic rings. The van der Waals surface area contributed by atoms with Crippen molar-refractivity contribution < 1.29 is 14.3 Å². The van der Waals surface area contributed by atoms with Gasteiger partial charge in [0.2, 0.25) is 5.91 Å². The van der Waals surface area contributed by atoms with Gasteiger partial charge in [0.05, 0.1) is 7.11 Å². The molecule has 2 saturated heterocycles. The van der Waals surface area contributed by atoms with Crippen LogP contribution in [0.1, 0.15) is 12.0 Å². The minimum Gasteiger partial charge on any atom is -0.497 e. The fourth-order valence-corrected chi connectivity index (χ4v) is 3.89. The summed E-state index contributed by atoms with van der Waals surface area (Å²) in [5.41, 5.74) is 0.983. The summed E-state index contributed by atoms with van der Waals surface area (Å²) in [6.07, 6.45) is 0.476. The number of carbonyl (C=O) groups is 2. The number of rotatable bonds is 3. The average Bonchev–Trinajstić information content (AvgIpc) is 2.88. The van der Waals surface area contributed by atoms with Crippen molar-refractivity contribution in [1.29, 1.82) is 0 Å². The molecule has 142 valence electrons. The van der Waals surface area contributed by atoms with Crippen LogP contribution in [0.4, 0.5) is 4.79 Å². The number of ether oxygens (including phenoxy) is 1. The smallest absolute Gasteiger partial charge is 0.319 e. The van der Waals surface area contributed by atoms with Crippen LogP contribution in [0.15, 0.2) is 24.3 Å². The lowest BCUT2D eigenvalue weighted by molar-refractivity contribution is -0.119. The Morgan fingerprint density at radius 1 is 1.23 bits per heavy atom. The lowest BCUT2D eigenvalue weighted by atomic mass is 9.86. The predicted octanol–water partition coefficient (Wildman–Crippen LogP) is 1.00. The van der Waals surface area contributed by atoms with Crippen LogP contribution in [0.2, 0.25) is 0 Å². The minimum atomic E-state index is -0.217. The Balaban J connectivity index is 1.76. The van der Waals surface area contributed by atoms with Crippen molar-refractivity contribution in [2.45, 2.75) is 13.0 Å². The van der Waals surface area contributed by atoms with Gasteiger partial charge >= 0.3 is 6.03 Å². The lowest BCUT2D eigenvalue weighted by Crippen LogP contribution is -2.47. The van der Waals surface area contributed by atoms with Gasteiger partial charge in [0.25, 0.3) is 0 Å². The highest BCUT2D eigenvalue weighted by molar-refractivity contribution is 5.80. The van der Waals surface area contributed by atoms with Crippen LogP contribution >= 0.6 is 0 Å². The second-order valence-corrected chi connectivity index (χ2v) is 7.61. The normalized spacial score (nSPS) is 23.7. The number of urea groups is 1. The van der Waals surface area contributed by atoms with Crippen molar-refractivity contribution in [2.24, 2.45) is 5.41 Å². The molecule has 1 N–H and O–H groups in total. The van der Waals surface area contributed by atoms with Gasteiger partial charge in [-0.25, -0.2) is 4.79 Å². The summed E-state index contributed by atoms with van der Waals surface area (Å²) >= 11 is 0. The molecule has 26 heavy (non-hydrogen) atoms. The van der Waals surface area contributed by atoms with Crippen LogP contribution in [-0.4, -0.2) is 80.6 Å². The predicted molar refractivity (Wildman–Crippen MR) is 99.0 cm³/mol. The monoisotopic (exact) mass is 360 g/mol. The van der Waals surface area contributed by atoms with Crippen molar-refractivity contribution in [1.82, 2.24) is 20.0 Å². The van der Waals surface area contributed by atoms with Crippen LogP contribution in [0.3, 0.4) is 0 Å². The first-order valence-electron chi connectivity index (χ1n) is 8.99. The summed E-state index contributed by atoms with van der Waals surface area (Å²) in [6.45, 7) is 4.30. The van der Waals surface area contributed by atoms with E-state index in [-0.39, 0.29) is 17.4 Å². The van der Waals surface area contributed by atoms with E-state index in [1.165, 1.54) is 5.56 Å². The van der Waals surface area contributed by atoms with E-state index in [2.05, 4.69) is 22.3 Å². The number of amides is 3. The molecule has 2 heterocycles. The Morgan fingerprint density at radius 3 is 2.54 bits per heavy atom. The third-order valence-electron chi connectivity index (χ3n) is 5.19. The first-order valence-corrected chi connectivity index (χ1v) is 8.99. The second kappa shape index (κ2) is 7.53. The van der Waals surface area contributed by atoms with E-state index in [4.69, 9.17) is 4.74 Å². The molecule has 0 saturated carbocycles. The zero-order chi connectivity index (χ0) is 18.7. The molecule has 2 fully saturated rings. The first-order chi connectivity index (χ1) is 12.4. The lowest BCUT2D eigenvalue weighted by Gasteiger charge is -2.33. The number of carbonyl (C=O) groups excluding carboxylic acids is 2. The Hall–Kier alpha value is -2.28. The Bertz CT molecular complexity index is 661.